The summed E-state index contributed by atoms with van der Waals surface area (Å²) in [6.45, 7) is 1.22. The van der Waals surface area contributed by atoms with Crippen LogP contribution in [0.25, 0.3) is 0 Å². The highest BCUT2D eigenvalue weighted by Crippen LogP contribution is 2.17. The number of amides is 1. The first-order valence-electron chi connectivity index (χ1n) is 6.07. The van der Waals surface area contributed by atoms with Gasteiger partial charge in [-0.3, -0.25) is 10.1 Å². The van der Waals surface area contributed by atoms with E-state index in [2.05, 4.69) is 10.6 Å². The number of halogens is 1. The first-order valence-corrected chi connectivity index (χ1v) is 6.07. The van der Waals surface area contributed by atoms with Gasteiger partial charge < -0.3 is 10.1 Å². The van der Waals surface area contributed by atoms with Crippen molar-refractivity contribution < 1.29 is 13.9 Å². The predicted octanol–water partition coefficient (Wildman–Crippen LogP) is 0.719. The molecule has 0 aromatic heterocycles. The van der Waals surface area contributed by atoms with Crippen molar-refractivity contribution in [3.05, 3.63) is 0 Å². The topological polar surface area (TPSA) is 50.4 Å². The van der Waals surface area contributed by atoms with E-state index in [0.29, 0.717) is 6.61 Å². The van der Waals surface area contributed by atoms with Crippen molar-refractivity contribution in [1.29, 1.82) is 0 Å². The summed E-state index contributed by atoms with van der Waals surface area (Å²) in [4.78, 5) is 11.7. The van der Waals surface area contributed by atoms with Crippen molar-refractivity contribution in [3.8, 4) is 0 Å². The maximum atomic E-state index is 13.4. The van der Waals surface area contributed by atoms with Crippen LogP contribution in [-0.2, 0) is 9.53 Å². The van der Waals surface area contributed by atoms with E-state index in [0.717, 1.165) is 38.6 Å². The molecule has 0 bridgehead atoms. The summed E-state index contributed by atoms with van der Waals surface area (Å²) in [5, 5.41) is 5.92. The van der Waals surface area contributed by atoms with E-state index in [1.165, 1.54) is 0 Å². The molecule has 92 valence electrons. The van der Waals surface area contributed by atoms with Crippen LogP contribution in [0.15, 0.2) is 0 Å². The minimum atomic E-state index is -1.27. The second-order valence-corrected chi connectivity index (χ2v) is 4.48. The molecule has 16 heavy (non-hydrogen) atoms. The molecule has 3 unspecified atom stereocenters. The molecule has 2 fully saturated rings. The van der Waals surface area contributed by atoms with E-state index in [-0.39, 0.29) is 18.0 Å². The van der Waals surface area contributed by atoms with Gasteiger partial charge in [0.15, 0.2) is 0 Å². The molecule has 0 radical (unpaired) electrons. The third-order valence-corrected chi connectivity index (χ3v) is 3.20. The molecule has 0 aliphatic carbocycles. The normalized spacial score (nSPS) is 36.6. The van der Waals surface area contributed by atoms with Gasteiger partial charge in [0, 0.05) is 6.54 Å². The lowest BCUT2D eigenvalue weighted by atomic mass is 10.1. The maximum absolute atomic E-state index is 13.4. The van der Waals surface area contributed by atoms with Crippen molar-refractivity contribution in [2.75, 3.05) is 13.2 Å². The summed E-state index contributed by atoms with van der Waals surface area (Å²) >= 11 is 0. The van der Waals surface area contributed by atoms with Gasteiger partial charge in [0.2, 0.25) is 12.3 Å². The average Bonchev–Trinajstić information content (AvgIpc) is 2.48. The lowest BCUT2D eigenvalue weighted by Gasteiger charge is -2.30. The summed E-state index contributed by atoms with van der Waals surface area (Å²) in [7, 11) is 0. The Kier molecular flexibility index (Phi) is 4.12. The van der Waals surface area contributed by atoms with Crippen LogP contribution in [0.5, 0.6) is 0 Å². The Morgan fingerprint density at radius 3 is 3.00 bits per heavy atom. The number of rotatable bonds is 2. The first-order chi connectivity index (χ1) is 7.77. The van der Waals surface area contributed by atoms with Gasteiger partial charge in [-0.15, -0.1) is 0 Å². The standard InChI is InChI=1S/C11H19FN2O2/c12-10-8(5-3-7-16-10)14-9-4-1-2-6-13-11(9)15/h8-10,14H,1-7H2,(H,13,15). The summed E-state index contributed by atoms with van der Waals surface area (Å²) in [5.41, 5.74) is 0. The van der Waals surface area contributed by atoms with Gasteiger partial charge in [0.05, 0.1) is 18.7 Å². The van der Waals surface area contributed by atoms with Crippen molar-refractivity contribution in [3.63, 3.8) is 0 Å². The Balaban J connectivity index is 1.88. The highest BCUT2D eigenvalue weighted by atomic mass is 19.1. The molecule has 2 rings (SSSR count). The fourth-order valence-corrected chi connectivity index (χ4v) is 2.26. The largest absolute Gasteiger partial charge is 0.355 e. The molecule has 0 saturated carbocycles. The molecule has 2 heterocycles. The highest BCUT2D eigenvalue weighted by molar-refractivity contribution is 5.81. The molecule has 2 saturated heterocycles. The minimum Gasteiger partial charge on any atom is -0.355 e. The molecule has 2 aliphatic rings. The number of hydrogen-bond acceptors (Lipinski definition) is 3. The van der Waals surface area contributed by atoms with Crippen LogP contribution in [-0.4, -0.2) is 37.5 Å². The van der Waals surface area contributed by atoms with E-state index in [4.69, 9.17) is 4.74 Å². The maximum Gasteiger partial charge on any atom is 0.237 e. The SMILES string of the molecule is O=C1NCCCCC1NC1CCCOC1F. The van der Waals surface area contributed by atoms with E-state index in [9.17, 15) is 9.18 Å². The zero-order valence-electron chi connectivity index (χ0n) is 9.38. The molecule has 2 N–H and O–H groups in total. The molecule has 5 heteroatoms. The molecule has 0 aromatic carbocycles. The monoisotopic (exact) mass is 230 g/mol. The summed E-state index contributed by atoms with van der Waals surface area (Å²) in [5.74, 6) is -0.00438. The van der Waals surface area contributed by atoms with Gasteiger partial charge in [0.1, 0.15) is 0 Å². The van der Waals surface area contributed by atoms with E-state index < -0.39 is 6.36 Å². The zero-order chi connectivity index (χ0) is 11.4. The van der Waals surface area contributed by atoms with E-state index in [1.54, 1.807) is 0 Å². The van der Waals surface area contributed by atoms with Crippen molar-refractivity contribution in [2.24, 2.45) is 0 Å². The van der Waals surface area contributed by atoms with Crippen molar-refractivity contribution in [2.45, 2.75) is 50.5 Å². The number of nitrogens with one attached hydrogen (secondary N) is 2. The second kappa shape index (κ2) is 5.59. The number of carbonyl (C=O) groups is 1. The van der Waals surface area contributed by atoms with Gasteiger partial charge in [-0.25, -0.2) is 4.39 Å². The van der Waals surface area contributed by atoms with Gasteiger partial charge >= 0.3 is 0 Å². The summed E-state index contributed by atoms with van der Waals surface area (Å²) in [6.07, 6.45) is 3.11. The highest BCUT2D eigenvalue weighted by Gasteiger charge is 2.30. The molecule has 0 spiro atoms. The first kappa shape index (κ1) is 11.8. The van der Waals surface area contributed by atoms with Crippen LogP contribution < -0.4 is 10.6 Å². The number of hydrogen-bond donors (Lipinski definition) is 2. The zero-order valence-corrected chi connectivity index (χ0v) is 9.38. The second-order valence-electron chi connectivity index (χ2n) is 4.48. The Morgan fingerprint density at radius 2 is 2.19 bits per heavy atom. The van der Waals surface area contributed by atoms with Crippen LogP contribution in [0.1, 0.15) is 32.1 Å². The predicted molar refractivity (Wildman–Crippen MR) is 57.7 cm³/mol. The number of ether oxygens (including phenoxy) is 1. The van der Waals surface area contributed by atoms with Crippen LogP contribution in [0.4, 0.5) is 4.39 Å². The fraction of sp³-hybridized carbons (Fsp3) is 0.909. The summed E-state index contributed by atoms with van der Waals surface area (Å²) in [6, 6.07) is -0.588. The van der Waals surface area contributed by atoms with Crippen molar-refractivity contribution >= 4 is 5.91 Å². The number of carbonyl (C=O) groups excluding carboxylic acids is 1. The van der Waals surface area contributed by atoms with E-state index >= 15 is 0 Å². The van der Waals surface area contributed by atoms with Crippen LogP contribution in [0.2, 0.25) is 0 Å². The van der Waals surface area contributed by atoms with E-state index in [1.807, 2.05) is 0 Å². The quantitative estimate of drug-likeness (QED) is 0.735. The average molecular weight is 230 g/mol. The van der Waals surface area contributed by atoms with Gasteiger partial charge in [-0.2, -0.15) is 0 Å². The van der Waals surface area contributed by atoms with Gasteiger partial charge in [-0.1, -0.05) is 0 Å². The molecular weight excluding hydrogens is 211 g/mol. The Hall–Kier alpha value is -0.680. The molecule has 3 atom stereocenters. The lowest BCUT2D eigenvalue weighted by Crippen LogP contribution is -2.52. The smallest absolute Gasteiger partial charge is 0.237 e. The molecule has 1 amide bonds. The molecule has 4 nitrogen and oxygen atoms in total. The summed E-state index contributed by atoms with van der Waals surface area (Å²) < 4.78 is 18.4. The minimum absolute atomic E-state index is 0.00438. The molecular formula is C11H19FN2O2. The lowest BCUT2D eigenvalue weighted by molar-refractivity contribution is -0.125. The van der Waals surface area contributed by atoms with Crippen LogP contribution >= 0.6 is 0 Å². The number of alkyl halides is 1. The fourth-order valence-electron chi connectivity index (χ4n) is 2.26. The molecule has 0 aromatic rings. The Labute approximate surface area is 94.9 Å². The van der Waals surface area contributed by atoms with Gasteiger partial charge in [0.25, 0.3) is 0 Å². The molecule has 2 aliphatic heterocycles. The van der Waals surface area contributed by atoms with Crippen LogP contribution in [0, 0.1) is 0 Å². The third kappa shape index (κ3) is 2.92. The Morgan fingerprint density at radius 1 is 1.31 bits per heavy atom. The third-order valence-electron chi connectivity index (χ3n) is 3.20. The van der Waals surface area contributed by atoms with Crippen molar-refractivity contribution in [1.82, 2.24) is 10.6 Å². The Bertz CT molecular complexity index is 250. The van der Waals surface area contributed by atoms with Gasteiger partial charge in [-0.05, 0) is 32.1 Å². The van der Waals surface area contributed by atoms with Crippen LogP contribution in [0.3, 0.4) is 0 Å².